The topological polar surface area (TPSA) is 83.8 Å². The summed E-state index contributed by atoms with van der Waals surface area (Å²) in [6, 6.07) is 14.4. The van der Waals surface area contributed by atoms with Crippen LogP contribution in [0.5, 0.6) is 11.5 Å². The van der Waals surface area contributed by atoms with E-state index in [2.05, 4.69) is 27.7 Å². The molecule has 2 aromatic rings. The number of benzene rings is 2. The molecule has 2 rings (SSSR count). The van der Waals surface area contributed by atoms with Gasteiger partial charge in [0.2, 0.25) is 0 Å². The molecule has 0 bridgehead atoms. The van der Waals surface area contributed by atoms with Crippen molar-refractivity contribution in [3.63, 3.8) is 0 Å². The molecule has 0 aliphatic heterocycles. The predicted octanol–water partition coefficient (Wildman–Crippen LogP) is 6.69. The first-order valence-corrected chi connectivity index (χ1v) is 11.0. The molecule has 2 N–H and O–H groups in total. The van der Waals surface area contributed by atoms with Gasteiger partial charge in [-0.25, -0.2) is 0 Å². The highest BCUT2D eigenvalue weighted by molar-refractivity contribution is 5.82. The normalized spacial score (nSPS) is 13.2. The van der Waals surface area contributed by atoms with Crippen molar-refractivity contribution in [2.75, 3.05) is 0 Å². The molecular formula is C26H34O5. The van der Waals surface area contributed by atoms with Crippen molar-refractivity contribution < 1.29 is 24.5 Å². The summed E-state index contributed by atoms with van der Waals surface area (Å²) in [4.78, 5) is 24.5. The van der Waals surface area contributed by atoms with Gasteiger partial charge in [-0.05, 0) is 61.3 Å². The van der Waals surface area contributed by atoms with E-state index >= 15 is 0 Å². The zero-order chi connectivity index (χ0) is 23.0. The highest BCUT2D eigenvalue weighted by Crippen LogP contribution is 2.41. The van der Waals surface area contributed by atoms with Crippen LogP contribution >= 0.6 is 0 Å². The van der Waals surface area contributed by atoms with Crippen LogP contribution in [-0.2, 0) is 9.59 Å². The van der Waals surface area contributed by atoms with Gasteiger partial charge in [-0.2, -0.15) is 0 Å². The fraction of sp³-hybridized carbons (Fsp3) is 0.462. The minimum absolute atomic E-state index is 0.337. The Balaban J connectivity index is 2.60. The molecule has 5 heteroatoms. The lowest BCUT2D eigenvalue weighted by Crippen LogP contribution is -2.20. The Bertz CT molecular complexity index is 857. The lowest BCUT2D eigenvalue weighted by Gasteiger charge is -2.25. The zero-order valence-electron chi connectivity index (χ0n) is 18.9. The SMILES string of the molecule is CC(C)CCC(C(=O)O)c1cccc(Oc2ccccc2)c1C(CCC(C)C)C(=O)O. The third kappa shape index (κ3) is 7.12. The number of carboxylic acid groups (broad SMARTS) is 2. The van der Waals surface area contributed by atoms with Crippen molar-refractivity contribution in [2.45, 2.75) is 65.2 Å². The van der Waals surface area contributed by atoms with Crippen molar-refractivity contribution in [1.29, 1.82) is 0 Å². The summed E-state index contributed by atoms with van der Waals surface area (Å²) in [5, 5.41) is 20.1. The molecule has 2 aromatic carbocycles. The molecule has 0 heterocycles. The number of rotatable bonds is 12. The molecule has 0 saturated heterocycles. The molecule has 5 nitrogen and oxygen atoms in total. The van der Waals surface area contributed by atoms with E-state index in [-0.39, 0.29) is 0 Å². The number of carbonyl (C=O) groups is 2. The van der Waals surface area contributed by atoms with Crippen molar-refractivity contribution in [3.05, 3.63) is 59.7 Å². The quantitative estimate of drug-likeness (QED) is 0.395. The first-order valence-electron chi connectivity index (χ1n) is 11.0. The maximum Gasteiger partial charge on any atom is 0.311 e. The molecule has 0 fully saturated rings. The standard InChI is InChI=1S/C26H34O5/c1-17(2)13-15-21(25(27)28)20-11-8-12-23(31-19-9-6-5-7-10-19)24(20)22(26(29)30)16-14-18(3)4/h5-12,17-18,21-22H,13-16H2,1-4H3,(H,27,28)(H,29,30). The van der Waals surface area contributed by atoms with Gasteiger partial charge in [-0.15, -0.1) is 0 Å². The van der Waals surface area contributed by atoms with Gasteiger partial charge in [0.25, 0.3) is 0 Å². The number of ether oxygens (including phenoxy) is 1. The summed E-state index contributed by atoms with van der Waals surface area (Å²) in [6.45, 7) is 8.21. The van der Waals surface area contributed by atoms with Crippen molar-refractivity contribution in [2.24, 2.45) is 11.8 Å². The molecule has 0 saturated carbocycles. The Labute approximate surface area is 185 Å². The molecule has 2 atom stereocenters. The predicted molar refractivity (Wildman–Crippen MR) is 122 cm³/mol. The van der Waals surface area contributed by atoms with Gasteiger partial charge in [0, 0.05) is 5.56 Å². The van der Waals surface area contributed by atoms with Gasteiger partial charge in [0.15, 0.2) is 0 Å². The maximum atomic E-state index is 12.3. The third-order valence-corrected chi connectivity index (χ3v) is 5.46. The number of para-hydroxylation sites is 1. The van der Waals surface area contributed by atoms with Crippen molar-refractivity contribution in [3.8, 4) is 11.5 Å². The average molecular weight is 427 g/mol. The molecule has 0 aromatic heterocycles. The van der Waals surface area contributed by atoms with Crippen molar-refractivity contribution in [1.82, 2.24) is 0 Å². The number of aliphatic carboxylic acids is 2. The zero-order valence-corrected chi connectivity index (χ0v) is 18.9. The van der Waals surface area contributed by atoms with Gasteiger partial charge < -0.3 is 14.9 Å². The van der Waals surface area contributed by atoms with Gasteiger partial charge in [0.1, 0.15) is 11.5 Å². The van der Waals surface area contributed by atoms with Crippen LogP contribution in [0.15, 0.2) is 48.5 Å². The van der Waals surface area contributed by atoms with E-state index in [0.717, 1.165) is 12.8 Å². The Kier molecular flexibility index (Phi) is 9.10. The van der Waals surface area contributed by atoms with Gasteiger partial charge in [-0.1, -0.05) is 58.0 Å². The number of carboxylic acids is 2. The van der Waals surface area contributed by atoms with E-state index in [0.29, 0.717) is 47.3 Å². The molecule has 0 spiro atoms. The largest absolute Gasteiger partial charge is 0.481 e. The van der Waals surface area contributed by atoms with Crippen LogP contribution in [0.3, 0.4) is 0 Å². The lowest BCUT2D eigenvalue weighted by molar-refractivity contribution is -0.140. The smallest absolute Gasteiger partial charge is 0.311 e. The van der Waals surface area contributed by atoms with Crippen LogP contribution in [0.2, 0.25) is 0 Å². The van der Waals surface area contributed by atoms with Crippen LogP contribution in [-0.4, -0.2) is 22.2 Å². The summed E-state index contributed by atoms with van der Waals surface area (Å²) < 4.78 is 6.09. The molecule has 0 aliphatic rings. The number of hydrogen-bond donors (Lipinski definition) is 2. The fourth-order valence-corrected chi connectivity index (χ4v) is 3.75. The lowest BCUT2D eigenvalue weighted by atomic mass is 9.81. The van der Waals surface area contributed by atoms with Crippen molar-refractivity contribution >= 4 is 11.9 Å². The summed E-state index contributed by atoms with van der Waals surface area (Å²) in [5.74, 6) is -1.82. The van der Waals surface area contributed by atoms with E-state index in [1.807, 2.05) is 18.2 Å². The highest BCUT2D eigenvalue weighted by atomic mass is 16.5. The number of hydrogen-bond acceptors (Lipinski definition) is 3. The maximum absolute atomic E-state index is 12.3. The molecule has 0 amide bonds. The van der Waals surface area contributed by atoms with E-state index in [1.54, 1.807) is 30.3 Å². The van der Waals surface area contributed by atoms with E-state index in [1.165, 1.54) is 0 Å². The molecular weight excluding hydrogens is 392 g/mol. The molecule has 0 radical (unpaired) electrons. The first-order chi connectivity index (χ1) is 14.7. The summed E-state index contributed by atoms with van der Waals surface area (Å²) >= 11 is 0. The Morgan fingerprint density at radius 2 is 1.29 bits per heavy atom. The first kappa shape index (κ1) is 24.4. The van der Waals surface area contributed by atoms with Crippen LogP contribution in [0.1, 0.15) is 76.3 Å². The Hall–Kier alpha value is -2.82. The van der Waals surface area contributed by atoms with Gasteiger partial charge in [-0.3, -0.25) is 9.59 Å². The molecule has 31 heavy (non-hydrogen) atoms. The monoisotopic (exact) mass is 426 g/mol. The minimum Gasteiger partial charge on any atom is -0.481 e. The molecule has 0 aliphatic carbocycles. The van der Waals surface area contributed by atoms with Crippen LogP contribution in [0.25, 0.3) is 0 Å². The van der Waals surface area contributed by atoms with E-state index in [9.17, 15) is 19.8 Å². The summed E-state index contributed by atoms with van der Waals surface area (Å²) in [5.41, 5.74) is 1.02. The third-order valence-electron chi connectivity index (χ3n) is 5.46. The highest BCUT2D eigenvalue weighted by Gasteiger charge is 2.32. The molecule has 168 valence electrons. The van der Waals surface area contributed by atoms with Gasteiger partial charge in [0.05, 0.1) is 11.8 Å². The second-order valence-electron chi connectivity index (χ2n) is 8.90. The Morgan fingerprint density at radius 3 is 1.81 bits per heavy atom. The van der Waals surface area contributed by atoms with Crippen LogP contribution < -0.4 is 4.74 Å². The van der Waals surface area contributed by atoms with Crippen LogP contribution in [0, 0.1) is 11.8 Å². The van der Waals surface area contributed by atoms with E-state index < -0.39 is 23.8 Å². The Morgan fingerprint density at radius 1 is 0.742 bits per heavy atom. The molecule has 2 unspecified atom stereocenters. The second kappa shape index (κ2) is 11.5. The summed E-state index contributed by atoms with van der Waals surface area (Å²) in [6.07, 6.45) is 2.33. The second-order valence-corrected chi connectivity index (χ2v) is 8.90. The van der Waals surface area contributed by atoms with Crippen LogP contribution in [0.4, 0.5) is 0 Å². The van der Waals surface area contributed by atoms with Gasteiger partial charge >= 0.3 is 11.9 Å². The van der Waals surface area contributed by atoms with E-state index in [4.69, 9.17) is 4.74 Å². The average Bonchev–Trinajstić information content (AvgIpc) is 2.69. The minimum atomic E-state index is -0.959. The fourth-order valence-electron chi connectivity index (χ4n) is 3.75. The summed E-state index contributed by atoms with van der Waals surface area (Å²) in [7, 11) is 0.